The lowest BCUT2D eigenvalue weighted by Gasteiger charge is -2.11. The Morgan fingerprint density at radius 1 is 1.62 bits per heavy atom. The first-order chi connectivity index (χ1) is 6.36. The Kier molecular flexibility index (Phi) is 2.31. The third-order valence-electron chi connectivity index (χ3n) is 1.97. The molecule has 1 aliphatic rings. The molecule has 4 heteroatoms. The predicted octanol–water partition coefficient (Wildman–Crippen LogP) is 0.831. The average Bonchev–Trinajstić information content (AvgIpc) is 2.61. The van der Waals surface area contributed by atoms with Crippen molar-refractivity contribution in [2.24, 2.45) is 0 Å². The van der Waals surface area contributed by atoms with Crippen LogP contribution in [-0.4, -0.2) is 24.3 Å². The molecule has 0 aromatic carbocycles. The first-order valence-corrected chi connectivity index (χ1v) is 4.31. The van der Waals surface area contributed by atoms with Gasteiger partial charge in [0, 0.05) is 12.6 Å². The Morgan fingerprint density at radius 2 is 2.54 bits per heavy atom. The van der Waals surface area contributed by atoms with E-state index in [-0.39, 0.29) is 6.10 Å². The molecule has 1 aliphatic heterocycles. The lowest BCUT2D eigenvalue weighted by Crippen LogP contribution is -2.17. The minimum atomic E-state index is 0.109. The summed E-state index contributed by atoms with van der Waals surface area (Å²) in [5.74, 6) is 0.512. The number of hydrogen-bond acceptors (Lipinski definition) is 4. The molecule has 0 radical (unpaired) electrons. The SMILES string of the molecule is Nc1cccnc1O[C@H]1CCOC1. The van der Waals surface area contributed by atoms with Gasteiger partial charge in [-0.05, 0) is 12.1 Å². The highest BCUT2D eigenvalue weighted by molar-refractivity contribution is 5.46. The maximum absolute atomic E-state index is 5.67. The Morgan fingerprint density at radius 3 is 3.23 bits per heavy atom. The number of anilines is 1. The molecule has 0 amide bonds. The number of nitrogens with two attached hydrogens (primary N) is 1. The second kappa shape index (κ2) is 3.62. The van der Waals surface area contributed by atoms with Gasteiger partial charge in [0.25, 0.3) is 0 Å². The summed E-state index contributed by atoms with van der Waals surface area (Å²) in [5.41, 5.74) is 6.25. The van der Waals surface area contributed by atoms with Crippen molar-refractivity contribution in [2.45, 2.75) is 12.5 Å². The number of nitrogens with zero attached hydrogens (tertiary/aromatic N) is 1. The van der Waals surface area contributed by atoms with Gasteiger partial charge in [-0.3, -0.25) is 0 Å². The number of hydrogen-bond donors (Lipinski definition) is 1. The van der Waals surface area contributed by atoms with Gasteiger partial charge < -0.3 is 15.2 Å². The van der Waals surface area contributed by atoms with Crippen LogP contribution in [0, 0.1) is 0 Å². The van der Waals surface area contributed by atoms with Crippen molar-refractivity contribution >= 4 is 5.69 Å². The number of pyridine rings is 1. The zero-order valence-electron chi connectivity index (χ0n) is 7.27. The van der Waals surface area contributed by atoms with Crippen LogP contribution in [0.5, 0.6) is 5.88 Å². The van der Waals surface area contributed by atoms with Crippen molar-refractivity contribution in [1.29, 1.82) is 0 Å². The third kappa shape index (κ3) is 1.89. The Labute approximate surface area is 76.7 Å². The fourth-order valence-corrected chi connectivity index (χ4v) is 1.27. The third-order valence-corrected chi connectivity index (χ3v) is 1.97. The minimum Gasteiger partial charge on any atom is -0.470 e. The van der Waals surface area contributed by atoms with E-state index in [0.717, 1.165) is 13.0 Å². The molecular formula is C9H12N2O2. The van der Waals surface area contributed by atoms with E-state index in [1.165, 1.54) is 0 Å². The largest absolute Gasteiger partial charge is 0.470 e. The molecule has 13 heavy (non-hydrogen) atoms. The Hall–Kier alpha value is -1.29. The zero-order chi connectivity index (χ0) is 9.10. The van der Waals surface area contributed by atoms with Gasteiger partial charge in [-0.15, -0.1) is 0 Å². The van der Waals surface area contributed by atoms with Crippen molar-refractivity contribution in [3.63, 3.8) is 0 Å². The number of rotatable bonds is 2. The van der Waals surface area contributed by atoms with Crippen molar-refractivity contribution < 1.29 is 9.47 Å². The van der Waals surface area contributed by atoms with Crippen molar-refractivity contribution in [1.82, 2.24) is 4.98 Å². The molecule has 0 unspecified atom stereocenters. The van der Waals surface area contributed by atoms with Crippen molar-refractivity contribution in [3.8, 4) is 5.88 Å². The highest BCUT2D eigenvalue weighted by Gasteiger charge is 2.18. The molecule has 0 saturated carbocycles. The van der Waals surface area contributed by atoms with Gasteiger partial charge in [0.05, 0.1) is 18.9 Å². The van der Waals surface area contributed by atoms with E-state index in [2.05, 4.69) is 4.98 Å². The molecular weight excluding hydrogens is 168 g/mol. The molecule has 0 spiro atoms. The summed E-state index contributed by atoms with van der Waals surface area (Å²) in [6.07, 6.45) is 2.69. The smallest absolute Gasteiger partial charge is 0.237 e. The van der Waals surface area contributed by atoms with Crippen LogP contribution < -0.4 is 10.5 Å². The van der Waals surface area contributed by atoms with Crippen LogP contribution in [0.2, 0.25) is 0 Å². The van der Waals surface area contributed by atoms with Crippen molar-refractivity contribution in [2.75, 3.05) is 18.9 Å². The Bertz CT molecular complexity index is 285. The van der Waals surface area contributed by atoms with Crippen LogP contribution >= 0.6 is 0 Å². The van der Waals surface area contributed by atoms with Gasteiger partial charge in [0.1, 0.15) is 6.10 Å². The summed E-state index contributed by atoms with van der Waals surface area (Å²) in [6.45, 7) is 1.40. The maximum Gasteiger partial charge on any atom is 0.237 e. The summed E-state index contributed by atoms with van der Waals surface area (Å²) in [4.78, 5) is 4.04. The topological polar surface area (TPSA) is 57.4 Å². The highest BCUT2D eigenvalue weighted by Crippen LogP contribution is 2.20. The zero-order valence-corrected chi connectivity index (χ0v) is 7.27. The van der Waals surface area contributed by atoms with Gasteiger partial charge >= 0.3 is 0 Å². The molecule has 1 aromatic rings. The van der Waals surface area contributed by atoms with E-state index < -0.39 is 0 Å². The molecule has 2 heterocycles. The van der Waals surface area contributed by atoms with Gasteiger partial charge in [-0.25, -0.2) is 4.98 Å². The number of ether oxygens (including phenoxy) is 2. The summed E-state index contributed by atoms with van der Waals surface area (Å²) in [5, 5.41) is 0. The summed E-state index contributed by atoms with van der Waals surface area (Å²) in [7, 11) is 0. The van der Waals surface area contributed by atoms with Crippen molar-refractivity contribution in [3.05, 3.63) is 18.3 Å². The van der Waals surface area contributed by atoms with E-state index in [4.69, 9.17) is 15.2 Å². The van der Waals surface area contributed by atoms with Crippen LogP contribution in [-0.2, 0) is 4.74 Å². The monoisotopic (exact) mass is 180 g/mol. The average molecular weight is 180 g/mol. The highest BCUT2D eigenvalue weighted by atomic mass is 16.5. The maximum atomic E-state index is 5.67. The molecule has 70 valence electrons. The van der Waals surface area contributed by atoms with Gasteiger partial charge in [-0.2, -0.15) is 0 Å². The van der Waals surface area contributed by atoms with Crippen LogP contribution in [0.3, 0.4) is 0 Å². The Balaban J connectivity index is 2.04. The fourth-order valence-electron chi connectivity index (χ4n) is 1.27. The predicted molar refractivity (Wildman–Crippen MR) is 48.5 cm³/mol. The van der Waals surface area contributed by atoms with Crippen LogP contribution in [0.4, 0.5) is 5.69 Å². The van der Waals surface area contributed by atoms with E-state index in [9.17, 15) is 0 Å². The summed E-state index contributed by atoms with van der Waals surface area (Å²) in [6, 6.07) is 3.56. The lowest BCUT2D eigenvalue weighted by atomic mass is 10.3. The summed E-state index contributed by atoms with van der Waals surface area (Å²) >= 11 is 0. The molecule has 1 aromatic heterocycles. The minimum absolute atomic E-state index is 0.109. The molecule has 1 atom stereocenters. The molecule has 2 N–H and O–H groups in total. The van der Waals surface area contributed by atoms with Crippen LogP contribution in [0.15, 0.2) is 18.3 Å². The number of aromatic nitrogens is 1. The van der Waals surface area contributed by atoms with Gasteiger partial charge in [0.15, 0.2) is 0 Å². The quantitative estimate of drug-likeness (QED) is 0.732. The van der Waals surface area contributed by atoms with E-state index in [1.807, 2.05) is 0 Å². The fraction of sp³-hybridized carbons (Fsp3) is 0.444. The van der Waals surface area contributed by atoms with Gasteiger partial charge in [0.2, 0.25) is 5.88 Å². The molecule has 0 bridgehead atoms. The second-order valence-electron chi connectivity index (χ2n) is 3.00. The van der Waals surface area contributed by atoms with Crippen LogP contribution in [0.25, 0.3) is 0 Å². The van der Waals surface area contributed by atoms with Gasteiger partial charge in [-0.1, -0.05) is 0 Å². The van der Waals surface area contributed by atoms with E-state index >= 15 is 0 Å². The van der Waals surface area contributed by atoms with E-state index in [0.29, 0.717) is 18.2 Å². The number of nitrogen functional groups attached to an aromatic ring is 1. The second-order valence-corrected chi connectivity index (χ2v) is 3.00. The normalized spacial score (nSPS) is 21.7. The summed E-state index contributed by atoms with van der Waals surface area (Å²) < 4.78 is 10.7. The molecule has 0 aliphatic carbocycles. The first kappa shape index (κ1) is 8.31. The van der Waals surface area contributed by atoms with E-state index in [1.54, 1.807) is 18.3 Å². The lowest BCUT2D eigenvalue weighted by molar-refractivity contribution is 0.138. The molecule has 2 rings (SSSR count). The van der Waals surface area contributed by atoms with Crippen LogP contribution in [0.1, 0.15) is 6.42 Å². The molecule has 1 fully saturated rings. The molecule has 1 saturated heterocycles. The molecule has 4 nitrogen and oxygen atoms in total. The standard InChI is InChI=1S/C9H12N2O2/c10-8-2-1-4-11-9(8)13-7-3-5-12-6-7/h1-2,4,7H,3,5-6,10H2/t7-/m0/s1. The first-order valence-electron chi connectivity index (χ1n) is 4.31.